The van der Waals surface area contributed by atoms with E-state index in [0.717, 1.165) is 28.1 Å². The first kappa shape index (κ1) is 59.1. The minimum absolute atomic E-state index is 0.0471. The Labute approximate surface area is 457 Å². The maximum atomic E-state index is 12.7. The van der Waals surface area contributed by atoms with E-state index in [4.69, 9.17) is 27.9 Å². The molecule has 3 aromatic carbocycles. The average Bonchev–Trinajstić information content (AvgIpc) is 3.68. The zero-order valence-electron chi connectivity index (χ0n) is 42.3. The number of aryl methyl sites for hydroxylation is 1. The number of rotatable bonds is 22. The molecule has 414 valence electrons. The number of anilines is 2. The van der Waals surface area contributed by atoms with E-state index in [9.17, 15) is 56.7 Å². The Morgan fingerprint density at radius 3 is 1.97 bits per heavy atom. The lowest BCUT2D eigenvalue weighted by molar-refractivity contribution is -0.438. The van der Waals surface area contributed by atoms with Crippen molar-refractivity contribution >= 4 is 92.6 Å². The molecule has 4 aromatic rings. The molecule has 77 heavy (non-hydrogen) atoms. The number of unbranched alkanes of at least 4 members (excludes halogenated alkanes) is 2. The number of fused-ring (bicyclic) bond motifs is 2. The Kier molecular flexibility index (Phi) is 17.9. The lowest BCUT2D eigenvalue weighted by Gasteiger charge is -2.27. The van der Waals surface area contributed by atoms with Gasteiger partial charge >= 0.3 is 0 Å². The van der Waals surface area contributed by atoms with Gasteiger partial charge in [0.2, 0.25) is 28.1 Å². The Balaban J connectivity index is 1.27. The van der Waals surface area contributed by atoms with E-state index < -0.39 is 62.8 Å². The number of carbonyl (C=O) groups is 1. The molecule has 0 spiro atoms. The van der Waals surface area contributed by atoms with Gasteiger partial charge in [-0.3, -0.25) is 33.9 Å². The average molecular weight is 1180 g/mol. The summed E-state index contributed by atoms with van der Waals surface area (Å²) in [6.45, 7) is 8.20. The summed E-state index contributed by atoms with van der Waals surface area (Å²) in [6.07, 6.45) is 10.8. The van der Waals surface area contributed by atoms with Crippen LogP contribution >= 0.6 is 23.2 Å². The molecule has 1 aromatic heterocycles. The van der Waals surface area contributed by atoms with Crippen molar-refractivity contribution in [3.8, 4) is 5.75 Å². The number of carbonyl (C=O) groups excluding carboxylic acids is 1. The summed E-state index contributed by atoms with van der Waals surface area (Å²) in [7, 11) is -17.6. The summed E-state index contributed by atoms with van der Waals surface area (Å²) >= 11 is 11.7. The van der Waals surface area contributed by atoms with Crippen molar-refractivity contribution in [1.82, 2.24) is 20.4 Å². The molecule has 0 fully saturated rings. The first-order valence-electron chi connectivity index (χ1n) is 24.2. The van der Waals surface area contributed by atoms with E-state index in [1.165, 1.54) is 24.3 Å². The molecule has 21 nitrogen and oxygen atoms in total. The molecule has 27 heteroatoms. The topological polar surface area (TPSA) is 313 Å². The van der Waals surface area contributed by atoms with Crippen LogP contribution < -0.4 is 20.5 Å². The summed E-state index contributed by atoms with van der Waals surface area (Å²) in [5.74, 6) is -0.370. The highest BCUT2D eigenvalue weighted by Gasteiger charge is 2.45. The predicted octanol–water partition coefficient (Wildman–Crippen LogP) is 8.14. The molecule has 0 bridgehead atoms. The normalized spacial score (nSPS) is 17.6. The second-order valence-electron chi connectivity index (χ2n) is 19.6. The Hall–Kier alpha value is -5.61. The number of benzene rings is 3. The second-order valence-corrected chi connectivity index (χ2v) is 26.3. The van der Waals surface area contributed by atoms with Gasteiger partial charge in [-0.05, 0) is 159 Å². The zero-order chi connectivity index (χ0) is 56.3. The SMILES string of the molecule is CC1(C)C(/C=C/C2=C(Oc3ccc(CCC(=O)NNc4nc(Cl)nc(Cl)n4)cc3)C(=C/C=C3/N(CCCCS(=O)(=O)O)c4ccc(S(=O)(=O)O)cc4C3(C)C)/CCC2)=[N+](CCCCS(=O)(=O)O)c2ccc(S(=O)(=O)O)cc21. The maximum Gasteiger partial charge on any atom is 0.294 e. The summed E-state index contributed by atoms with van der Waals surface area (Å²) in [5, 5.41) is -0.321. The molecule has 3 aliphatic rings. The highest BCUT2D eigenvalue weighted by molar-refractivity contribution is 7.86. The lowest BCUT2D eigenvalue weighted by Crippen LogP contribution is -2.30. The van der Waals surface area contributed by atoms with Gasteiger partial charge in [-0.1, -0.05) is 32.1 Å². The maximum absolute atomic E-state index is 12.7. The monoisotopic (exact) mass is 1180 g/mol. The molecular weight excluding hydrogens is 1120 g/mol. The van der Waals surface area contributed by atoms with Crippen LogP contribution in [0.1, 0.15) is 95.8 Å². The third-order valence-electron chi connectivity index (χ3n) is 13.4. The molecule has 0 radical (unpaired) electrons. The van der Waals surface area contributed by atoms with Crippen molar-refractivity contribution in [3.63, 3.8) is 0 Å². The number of halogens is 2. The van der Waals surface area contributed by atoms with Gasteiger partial charge in [0.15, 0.2) is 5.71 Å². The van der Waals surface area contributed by atoms with Gasteiger partial charge in [0, 0.05) is 53.9 Å². The fourth-order valence-electron chi connectivity index (χ4n) is 9.60. The molecule has 0 saturated heterocycles. The van der Waals surface area contributed by atoms with Gasteiger partial charge in [0.25, 0.3) is 40.5 Å². The third kappa shape index (κ3) is 15.0. The van der Waals surface area contributed by atoms with Crippen LogP contribution in [0.3, 0.4) is 0 Å². The number of nitrogens with zero attached hydrogens (tertiary/aromatic N) is 5. The summed E-state index contributed by atoms with van der Waals surface area (Å²) in [5.41, 5.74) is 9.63. The van der Waals surface area contributed by atoms with Crippen LogP contribution in [0.5, 0.6) is 5.75 Å². The predicted molar refractivity (Wildman–Crippen MR) is 290 cm³/mol. The van der Waals surface area contributed by atoms with Crippen molar-refractivity contribution in [3.05, 3.63) is 135 Å². The van der Waals surface area contributed by atoms with Gasteiger partial charge in [-0.15, -0.1) is 0 Å². The van der Waals surface area contributed by atoms with Crippen molar-refractivity contribution in [2.24, 2.45) is 0 Å². The van der Waals surface area contributed by atoms with Gasteiger partial charge in [0.1, 0.15) is 18.1 Å². The number of allylic oxidation sites excluding steroid dienone is 7. The first-order valence-corrected chi connectivity index (χ1v) is 31.0. The molecule has 7 rings (SSSR count). The molecule has 6 N–H and O–H groups in total. The van der Waals surface area contributed by atoms with Crippen LogP contribution in [-0.2, 0) is 62.5 Å². The molecule has 1 aliphatic carbocycles. The minimum atomic E-state index is -4.58. The van der Waals surface area contributed by atoms with Crippen LogP contribution in [0, 0.1) is 0 Å². The fourth-order valence-corrected chi connectivity index (χ4v) is 12.1. The quantitative estimate of drug-likeness (QED) is 0.0187. The molecule has 3 heterocycles. The van der Waals surface area contributed by atoms with Crippen molar-refractivity contribution in [2.45, 2.75) is 106 Å². The molecule has 0 unspecified atom stereocenters. The van der Waals surface area contributed by atoms with E-state index in [0.29, 0.717) is 85.6 Å². The summed E-state index contributed by atoms with van der Waals surface area (Å²) in [4.78, 5) is 25.5. The highest BCUT2D eigenvalue weighted by Crippen LogP contribution is 2.49. The Morgan fingerprint density at radius 2 is 1.35 bits per heavy atom. The van der Waals surface area contributed by atoms with E-state index in [-0.39, 0.29) is 51.5 Å². The third-order valence-corrected chi connectivity index (χ3v) is 17.1. The van der Waals surface area contributed by atoms with E-state index in [1.807, 2.05) is 73.6 Å². The van der Waals surface area contributed by atoms with E-state index in [2.05, 4.69) is 25.8 Å². The van der Waals surface area contributed by atoms with E-state index in [1.54, 1.807) is 24.3 Å². The minimum Gasteiger partial charge on any atom is -0.457 e. The van der Waals surface area contributed by atoms with Crippen LogP contribution in [0.15, 0.2) is 117 Å². The van der Waals surface area contributed by atoms with Crippen LogP contribution in [0.4, 0.5) is 17.3 Å². The number of hydrogen-bond donors (Lipinski definition) is 6. The Bertz CT molecular complexity index is 3580. The summed E-state index contributed by atoms with van der Waals surface area (Å²) in [6, 6.07) is 15.8. The van der Waals surface area contributed by atoms with Gasteiger partial charge < -0.3 is 9.64 Å². The lowest BCUT2D eigenvalue weighted by atomic mass is 9.81. The smallest absolute Gasteiger partial charge is 0.294 e. The number of nitrogens with one attached hydrogen (secondary N) is 2. The zero-order valence-corrected chi connectivity index (χ0v) is 47.0. The van der Waals surface area contributed by atoms with Crippen molar-refractivity contribution < 1.29 is 66.0 Å². The molecule has 0 atom stereocenters. The van der Waals surface area contributed by atoms with E-state index >= 15 is 0 Å². The van der Waals surface area contributed by atoms with Crippen LogP contribution in [-0.4, -0.2) is 108 Å². The van der Waals surface area contributed by atoms with Gasteiger partial charge in [-0.2, -0.15) is 53.2 Å². The first-order chi connectivity index (χ1) is 35.9. The molecule has 1 amide bonds. The van der Waals surface area contributed by atoms with Crippen LogP contribution in [0.2, 0.25) is 10.6 Å². The van der Waals surface area contributed by atoms with Crippen molar-refractivity contribution in [2.75, 3.05) is 34.9 Å². The molecule has 2 aliphatic heterocycles. The van der Waals surface area contributed by atoms with Crippen LogP contribution in [0.25, 0.3) is 0 Å². The molecular formula is C50H58Cl2N7O14S4+. The number of ether oxygens (including phenoxy) is 1. The number of hydrazine groups is 1. The second kappa shape index (κ2) is 23.4. The summed E-state index contributed by atoms with van der Waals surface area (Å²) < 4.78 is 144. The number of aromatic nitrogens is 3. The Morgan fingerprint density at radius 1 is 0.740 bits per heavy atom. The number of amides is 1. The number of hydrogen-bond acceptors (Lipinski definition) is 15. The largest absolute Gasteiger partial charge is 0.457 e. The van der Waals surface area contributed by atoms with Gasteiger partial charge in [-0.25, -0.2) is 0 Å². The molecule has 0 saturated carbocycles. The highest BCUT2D eigenvalue weighted by atomic mass is 35.5. The fraction of sp³-hybridized carbons (Fsp3) is 0.380. The van der Waals surface area contributed by atoms with Gasteiger partial charge in [0.05, 0.1) is 26.7 Å². The van der Waals surface area contributed by atoms with Crippen molar-refractivity contribution in [1.29, 1.82) is 0 Å². The standard InChI is InChI=1S/C50H57Cl2N7O14S4/c1-49(2)38-30-36(76(67,68)69)19-21-40(38)58(26-5-7-28-74(61,62)63)42(49)23-15-33-10-9-11-34(45(33)73-35-17-12-32(13-18-35)14-25-44(60)56-57-48-54-46(51)53-47(52)55-48)16-24-43-50(3,4)39-31-37(77(70,71)72)20-22-41(39)59(43)27-6-8-29-75(64,65)66/h12-13,15-24,30-31H,5-11,14,25-29H2,1-4H3,(H5-,53,54,55,56,57,60,61,62,63,64,65,66,67,68,69,70,71,72)/p+1.